The van der Waals surface area contributed by atoms with Gasteiger partial charge in [0.1, 0.15) is 6.10 Å². The Hall–Kier alpha value is -3.48. The molecular formula is C55H91NO5. The largest absolute Gasteiger partial charge is 0.461 e. The number of allylic oxidation sites excluding steroid dienone is 17. The second-order valence-corrected chi connectivity index (χ2v) is 16.1. The highest BCUT2D eigenvalue weighted by Crippen LogP contribution is 2.15. The lowest BCUT2D eigenvalue weighted by atomic mass is 10.0. The van der Waals surface area contributed by atoms with Crippen LogP contribution < -0.4 is 5.32 Å². The van der Waals surface area contributed by atoms with Gasteiger partial charge in [0.25, 0.3) is 0 Å². The van der Waals surface area contributed by atoms with Crippen molar-refractivity contribution in [1.82, 2.24) is 5.32 Å². The van der Waals surface area contributed by atoms with Crippen molar-refractivity contribution in [2.75, 3.05) is 6.61 Å². The molecule has 6 heteroatoms. The summed E-state index contributed by atoms with van der Waals surface area (Å²) in [7, 11) is 0. The van der Waals surface area contributed by atoms with E-state index in [2.05, 4.69) is 117 Å². The zero-order valence-electron chi connectivity index (χ0n) is 39.2. The van der Waals surface area contributed by atoms with E-state index in [-0.39, 0.29) is 31.3 Å². The standard InChI is InChI=1S/C55H91NO5/c1-4-7-10-13-16-19-22-24-26-28-30-33-36-39-42-45-48-55(60)61-51(46-43-40-37-34-32-29-27-25-23-20-17-14-11-8-5-2)49-54(59)56-52(50-57)53(58)47-44-41-38-35-31-21-18-15-12-9-6-3/h7,10,16-17,19-20,24-27,30,32-34,39-40,42-43,51-53,57-58H,4-6,8-9,11-15,18,21-23,28-29,31,35-38,41,44-50H2,1-3H3,(H,56,59)/b10-7+,19-16+,20-17-,26-24+,27-25-,33-30+,34-32-,42-39+,43-40-. The summed E-state index contributed by atoms with van der Waals surface area (Å²) in [5.74, 6) is -0.687. The maximum Gasteiger partial charge on any atom is 0.306 e. The Bertz CT molecular complexity index is 1270. The van der Waals surface area contributed by atoms with Crippen LogP contribution >= 0.6 is 0 Å². The molecule has 346 valence electrons. The third-order valence-electron chi connectivity index (χ3n) is 10.4. The highest BCUT2D eigenvalue weighted by Gasteiger charge is 2.23. The van der Waals surface area contributed by atoms with Gasteiger partial charge in [-0.1, -0.05) is 214 Å². The van der Waals surface area contributed by atoms with Crippen LogP contribution in [0.4, 0.5) is 0 Å². The van der Waals surface area contributed by atoms with Crippen molar-refractivity contribution in [3.8, 4) is 0 Å². The van der Waals surface area contributed by atoms with Gasteiger partial charge in [-0.15, -0.1) is 0 Å². The monoisotopic (exact) mass is 846 g/mol. The number of aliphatic hydroxyl groups is 2. The molecule has 0 bridgehead atoms. The Morgan fingerprint density at radius 3 is 1.39 bits per heavy atom. The molecule has 0 heterocycles. The molecule has 3 unspecified atom stereocenters. The first kappa shape index (κ1) is 57.5. The average molecular weight is 846 g/mol. The Morgan fingerprint density at radius 2 is 0.918 bits per heavy atom. The van der Waals surface area contributed by atoms with Crippen LogP contribution in [0, 0.1) is 0 Å². The number of esters is 1. The van der Waals surface area contributed by atoms with Gasteiger partial charge < -0.3 is 20.3 Å². The van der Waals surface area contributed by atoms with E-state index in [0.717, 1.165) is 77.0 Å². The first-order chi connectivity index (χ1) is 30.0. The molecule has 0 rings (SSSR count). The topological polar surface area (TPSA) is 95.9 Å². The SMILES string of the molecule is CC/C=C/C/C=C/C/C=C/C/C=C/C/C=C/CCC(=O)OC(C/C=C\C/C=C\C/C=C\C/C=C\CCCCC)CC(=O)NC(CO)C(O)CCCCCCCCCCCCC. The minimum absolute atomic E-state index is 0.0346. The van der Waals surface area contributed by atoms with E-state index >= 15 is 0 Å². The number of aliphatic hydroxyl groups excluding tert-OH is 2. The Morgan fingerprint density at radius 1 is 0.508 bits per heavy atom. The van der Waals surface area contributed by atoms with Gasteiger partial charge >= 0.3 is 5.97 Å². The van der Waals surface area contributed by atoms with Gasteiger partial charge in [0.2, 0.25) is 5.91 Å². The number of unbranched alkanes of at least 4 members (excludes halogenated alkanes) is 13. The molecule has 0 aromatic rings. The molecule has 0 saturated carbocycles. The maximum atomic E-state index is 13.1. The lowest BCUT2D eigenvalue weighted by Crippen LogP contribution is -2.46. The summed E-state index contributed by atoms with van der Waals surface area (Å²) in [4.78, 5) is 26.0. The highest BCUT2D eigenvalue weighted by molar-refractivity contribution is 5.77. The minimum atomic E-state index is -0.828. The number of ether oxygens (including phenoxy) is 1. The normalized spacial score (nSPS) is 14.2. The van der Waals surface area contributed by atoms with Crippen molar-refractivity contribution >= 4 is 11.9 Å². The second-order valence-electron chi connectivity index (χ2n) is 16.1. The quantitative estimate of drug-likeness (QED) is 0.0323. The first-order valence-corrected chi connectivity index (χ1v) is 24.6. The Kier molecular flexibility index (Phi) is 44.9. The van der Waals surface area contributed by atoms with Crippen LogP contribution in [-0.2, 0) is 14.3 Å². The number of amides is 1. The predicted molar refractivity (Wildman–Crippen MR) is 263 cm³/mol. The first-order valence-electron chi connectivity index (χ1n) is 24.6. The predicted octanol–water partition coefficient (Wildman–Crippen LogP) is 14.7. The summed E-state index contributed by atoms with van der Waals surface area (Å²) in [6.07, 6.45) is 64.5. The van der Waals surface area contributed by atoms with Crippen molar-refractivity contribution in [2.45, 2.75) is 219 Å². The molecule has 1 amide bonds. The van der Waals surface area contributed by atoms with Crippen LogP contribution in [-0.4, -0.2) is 46.9 Å². The van der Waals surface area contributed by atoms with Crippen LogP contribution in [0.5, 0.6) is 0 Å². The van der Waals surface area contributed by atoms with Crippen LogP contribution in [0.2, 0.25) is 0 Å². The number of carbonyl (C=O) groups excluding carboxylic acids is 2. The molecular weight excluding hydrogens is 755 g/mol. The zero-order valence-corrected chi connectivity index (χ0v) is 39.2. The third-order valence-corrected chi connectivity index (χ3v) is 10.4. The smallest absolute Gasteiger partial charge is 0.306 e. The fraction of sp³-hybridized carbons (Fsp3) is 0.636. The van der Waals surface area contributed by atoms with Crippen molar-refractivity contribution in [1.29, 1.82) is 0 Å². The van der Waals surface area contributed by atoms with Crippen molar-refractivity contribution in [3.05, 3.63) is 109 Å². The lowest BCUT2D eigenvalue weighted by molar-refractivity contribution is -0.150. The number of rotatable bonds is 42. The second kappa shape index (κ2) is 47.6. The summed E-state index contributed by atoms with van der Waals surface area (Å²) >= 11 is 0. The summed E-state index contributed by atoms with van der Waals surface area (Å²) in [6, 6.07) is -0.751. The molecule has 0 aliphatic rings. The zero-order chi connectivity index (χ0) is 44.5. The van der Waals surface area contributed by atoms with Crippen molar-refractivity contribution < 1.29 is 24.5 Å². The van der Waals surface area contributed by atoms with Gasteiger partial charge in [-0.3, -0.25) is 9.59 Å². The van der Waals surface area contributed by atoms with Crippen molar-refractivity contribution in [3.63, 3.8) is 0 Å². The molecule has 0 radical (unpaired) electrons. The van der Waals surface area contributed by atoms with Crippen molar-refractivity contribution in [2.24, 2.45) is 0 Å². The van der Waals surface area contributed by atoms with E-state index in [1.54, 1.807) is 0 Å². The number of carbonyl (C=O) groups is 2. The summed E-state index contributed by atoms with van der Waals surface area (Å²) < 4.78 is 5.81. The fourth-order valence-corrected chi connectivity index (χ4v) is 6.63. The van der Waals surface area contributed by atoms with Crippen LogP contribution in [0.3, 0.4) is 0 Å². The molecule has 6 nitrogen and oxygen atoms in total. The van der Waals surface area contributed by atoms with E-state index in [9.17, 15) is 19.8 Å². The lowest BCUT2D eigenvalue weighted by Gasteiger charge is -2.24. The average Bonchev–Trinajstić information content (AvgIpc) is 3.25. The molecule has 0 saturated heterocycles. The maximum absolute atomic E-state index is 13.1. The van der Waals surface area contributed by atoms with E-state index in [1.165, 1.54) is 70.6 Å². The third kappa shape index (κ3) is 43.0. The molecule has 0 aromatic carbocycles. The van der Waals surface area contributed by atoms with E-state index in [0.29, 0.717) is 19.3 Å². The molecule has 0 aliphatic carbocycles. The van der Waals surface area contributed by atoms with E-state index < -0.39 is 18.2 Å². The van der Waals surface area contributed by atoms with Gasteiger partial charge in [0, 0.05) is 12.8 Å². The van der Waals surface area contributed by atoms with Gasteiger partial charge in [0.05, 0.1) is 25.2 Å². The molecule has 0 aromatic heterocycles. The minimum Gasteiger partial charge on any atom is -0.461 e. The summed E-state index contributed by atoms with van der Waals surface area (Å²) in [6.45, 7) is 6.27. The molecule has 3 atom stereocenters. The number of nitrogens with one attached hydrogen (secondary N) is 1. The van der Waals surface area contributed by atoms with Gasteiger partial charge in [0.15, 0.2) is 0 Å². The molecule has 0 spiro atoms. The molecule has 0 fully saturated rings. The van der Waals surface area contributed by atoms with Gasteiger partial charge in [-0.05, 0) is 77.0 Å². The Balaban J connectivity index is 4.88. The van der Waals surface area contributed by atoms with Crippen LogP contribution in [0.25, 0.3) is 0 Å². The molecule has 61 heavy (non-hydrogen) atoms. The summed E-state index contributed by atoms with van der Waals surface area (Å²) in [5.41, 5.74) is 0. The van der Waals surface area contributed by atoms with Crippen LogP contribution in [0.1, 0.15) is 201 Å². The Labute approximate surface area is 375 Å². The van der Waals surface area contributed by atoms with E-state index in [1.807, 2.05) is 18.2 Å². The fourth-order valence-electron chi connectivity index (χ4n) is 6.63. The number of hydrogen-bond donors (Lipinski definition) is 3. The summed E-state index contributed by atoms with van der Waals surface area (Å²) in [5, 5.41) is 23.6. The van der Waals surface area contributed by atoms with Gasteiger partial charge in [-0.2, -0.15) is 0 Å². The number of hydrogen-bond acceptors (Lipinski definition) is 5. The molecule has 0 aliphatic heterocycles. The van der Waals surface area contributed by atoms with Crippen LogP contribution in [0.15, 0.2) is 109 Å². The highest BCUT2D eigenvalue weighted by atomic mass is 16.5. The van der Waals surface area contributed by atoms with Gasteiger partial charge in [-0.25, -0.2) is 0 Å². The molecule has 3 N–H and O–H groups in total. The van der Waals surface area contributed by atoms with E-state index in [4.69, 9.17) is 4.74 Å².